The SMILES string of the molecule is CCN(CC)S(=O)(=O)c1ccc2nnc(SCC(=O)NC(=O)NCC(F)(F)F)n2c1. The number of fused-ring (bicyclic) bond motifs is 1. The van der Waals surface area contributed by atoms with Crippen molar-refractivity contribution in [2.75, 3.05) is 25.4 Å². The quantitative estimate of drug-likeness (QED) is 0.558. The summed E-state index contributed by atoms with van der Waals surface area (Å²) in [6.07, 6.45) is -3.28. The number of hydrogen-bond donors (Lipinski definition) is 2. The molecule has 3 amide bonds. The van der Waals surface area contributed by atoms with Crippen LogP contribution < -0.4 is 10.6 Å². The first kappa shape index (κ1) is 23.9. The minimum absolute atomic E-state index is 0.0105. The summed E-state index contributed by atoms with van der Waals surface area (Å²) >= 11 is 0.836. The molecule has 2 aromatic heterocycles. The molecule has 15 heteroatoms. The van der Waals surface area contributed by atoms with Crippen molar-refractivity contribution < 1.29 is 31.2 Å². The first-order valence-corrected chi connectivity index (χ1v) is 11.0. The largest absolute Gasteiger partial charge is 0.405 e. The van der Waals surface area contributed by atoms with Crippen molar-refractivity contribution in [1.29, 1.82) is 0 Å². The molecule has 0 saturated carbocycles. The number of rotatable bonds is 8. The molecule has 10 nitrogen and oxygen atoms in total. The number of carbonyl (C=O) groups is 2. The number of amides is 3. The number of thioether (sulfide) groups is 1. The second kappa shape index (κ2) is 9.61. The number of hydrogen-bond acceptors (Lipinski definition) is 7. The highest BCUT2D eigenvalue weighted by molar-refractivity contribution is 7.99. The molecule has 0 aliphatic rings. The first-order chi connectivity index (χ1) is 14.0. The molecule has 0 aliphatic carbocycles. The fraction of sp³-hybridized carbons (Fsp3) is 0.467. The Morgan fingerprint density at radius 2 is 1.87 bits per heavy atom. The number of nitrogens with zero attached hydrogens (tertiary/aromatic N) is 4. The molecular formula is C15H19F3N6O4S2. The van der Waals surface area contributed by atoms with Crippen molar-refractivity contribution in [2.24, 2.45) is 0 Å². The molecule has 2 N–H and O–H groups in total. The number of alkyl halides is 3. The third kappa shape index (κ3) is 6.06. The molecule has 0 fully saturated rings. The zero-order valence-corrected chi connectivity index (χ0v) is 17.6. The van der Waals surface area contributed by atoms with Crippen molar-refractivity contribution in [3.8, 4) is 0 Å². The van der Waals surface area contributed by atoms with Gasteiger partial charge in [0.25, 0.3) is 0 Å². The van der Waals surface area contributed by atoms with Crippen molar-refractivity contribution in [2.45, 2.75) is 30.1 Å². The van der Waals surface area contributed by atoms with Crippen LogP contribution in [0.3, 0.4) is 0 Å². The lowest BCUT2D eigenvalue weighted by Gasteiger charge is -2.18. The van der Waals surface area contributed by atoms with Gasteiger partial charge in [0.15, 0.2) is 10.8 Å². The molecule has 0 atom stereocenters. The van der Waals surface area contributed by atoms with Crippen LogP contribution in [0.25, 0.3) is 5.65 Å². The van der Waals surface area contributed by atoms with Gasteiger partial charge >= 0.3 is 12.2 Å². The summed E-state index contributed by atoms with van der Waals surface area (Å²) < 4.78 is 64.1. The van der Waals surface area contributed by atoms with Gasteiger partial charge in [-0.25, -0.2) is 13.2 Å². The molecule has 0 unspecified atom stereocenters. The predicted octanol–water partition coefficient (Wildman–Crippen LogP) is 1.24. The number of carbonyl (C=O) groups excluding carboxylic acids is 2. The van der Waals surface area contributed by atoms with Crippen LogP contribution in [0.2, 0.25) is 0 Å². The Morgan fingerprint density at radius 1 is 1.20 bits per heavy atom. The molecule has 0 bridgehead atoms. The van der Waals surface area contributed by atoms with Gasteiger partial charge in [-0.1, -0.05) is 25.6 Å². The monoisotopic (exact) mass is 468 g/mol. The highest BCUT2D eigenvalue weighted by Crippen LogP contribution is 2.21. The van der Waals surface area contributed by atoms with Gasteiger partial charge in [-0.3, -0.25) is 14.5 Å². The predicted molar refractivity (Wildman–Crippen MR) is 101 cm³/mol. The van der Waals surface area contributed by atoms with Gasteiger partial charge < -0.3 is 5.32 Å². The molecule has 2 heterocycles. The van der Waals surface area contributed by atoms with Gasteiger partial charge in [0, 0.05) is 19.3 Å². The van der Waals surface area contributed by atoms with Crippen LogP contribution in [0.1, 0.15) is 13.8 Å². The standard InChI is InChI=1S/C15H19F3N6O4S2/c1-3-23(4-2)30(27,28)10-5-6-11-21-22-14(24(11)7-10)29-8-12(25)20-13(26)19-9-15(16,17)18/h5-7H,3-4,8-9H2,1-2H3,(H2,19,20,25,26). The Bertz CT molecular complexity index is 1020. The van der Waals surface area contributed by atoms with Gasteiger partial charge in [0.05, 0.1) is 10.6 Å². The van der Waals surface area contributed by atoms with Crippen molar-refractivity contribution >= 4 is 39.4 Å². The summed E-state index contributed by atoms with van der Waals surface area (Å²) in [5.41, 5.74) is 0.333. The molecule has 0 saturated heterocycles. The zero-order valence-electron chi connectivity index (χ0n) is 15.9. The van der Waals surface area contributed by atoms with Crippen LogP contribution in [-0.2, 0) is 14.8 Å². The Labute approximate surface area is 174 Å². The highest BCUT2D eigenvalue weighted by Gasteiger charge is 2.28. The second-order valence-electron chi connectivity index (χ2n) is 5.80. The van der Waals surface area contributed by atoms with Crippen molar-refractivity contribution in [1.82, 2.24) is 29.5 Å². The van der Waals surface area contributed by atoms with E-state index in [0.29, 0.717) is 5.65 Å². The average Bonchev–Trinajstić information content (AvgIpc) is 3.07. The van der Waals surface area contributed by atoms with Crippen molar-refractivity contribution in [3.63, 3.8) is 0 Å². The number of nitrogens with one attached hydrogen (secondary N) is 2. The lowest BCUT2D eigenvalue weighted by atomic mass is 10.5. The normalized spacial score (nSPS) is 12.3. The second-order valence-corrected chi connectivity index (χ2v) is 8.68. The fourth-order valence-corrected chi connectivity index (χ4v) is 4.50. The minimum atomic E-state index is -4.60. The smallest absolute Gasteiger partial charge is 0.329 e. The Balaban J connectivity index is 2.08. The van der Waals surface area contributed by atoms with Gasteiger partial charge in [-0.05, 0) is 12.1 Å². The van der Waals surface area contributed by atoms with Crippen LogP contribution in [0.15, 0.2) is 28.4 Å². The lowest BCUT2D eigenvalue weighted by molar-refractivity contribution is -0.124. The molecule has 0 aromatic carbocycles. The number of urea groups is 1. The van der Waals surface area contributed by atoms with Crippen molar-refractivity contribution in [3.05, 3.63) is 18.3 Å². The Hall–Kier alpha value is -2.39. The zero-order chi connectivity index (χ0) is 22.5. The molecule has 0 radical (unpaired) electrons. The topological polar surface area (TPSA) is 126 Å². The van der Waals surface area contributed by atoms with Gasteiger partial charge in [0.1, 0.15) is 6.54 Å². The van der Waals surface area contributed by atoms with Gasteiger partial charge in [-0.15, -0.1) is 10.2 Å². The molecular weight excluding hydrogens is 449 g/mol. The molecule has 2 rings (SSSR count). The molecule has 0 spiro atoms. The highest BCUT2D eigenvalue weighted by atomic mass is 32.2. The van der Waals surface area contributed by atoms with Gasteiger partial charge in [0.2, 0.25) is 15.9 Å². The van der Waals surface area contributed by atoms with Crippen LogP contribution in [0.4, 0.5) is 18.0 Å². The summed E-state index contributed by atoms with van der Waals surface area (Å²) in [5.74, 6) is -1.21. The minimum Gasteiger partial charge on any atom is -0.329 e. The van der Waals surface area contributed by atoms with E-state index in [4.69, 9.17) is 0 Å². The maximum Gasteiger partial charge on any atom is 0.405 e. The lowest BCUT2D eigenvalue weighted by Crippen LogP contribution is -2.43. The van der Waals surface area contributed by atoms with E-state index in [9.17, 15) is 31.2 Å². The van der Waals surface area contributed by atoms with E-state index >= 15 is 0 Å². The summed E-state index contributed by atoms with van der Waals surface area (Å²) in [6, 6.07) is 1.57. The first-order valence-electron chi connectivity index (χ1n) is 8.60. The molecule has 30 heavy (non-hydrogen) atoms. The van der Waals surface area contributed by atoms with E-state index in [1.165, 1.54) is 32.4 Å². The number of aromatic nitrogens is 3. The Kier molecular flexibility index (Phi) is 7.65. The van der Waals surface area contributed by atoms with E-state index in [0.717, 1.165) is 11.8 Å². The molecule has 2 aromatic rings. The number of sulfonamides is 1. The number of pyridine rings is 1. The van der Waals surface area contributed by atoms with E-state index in [1.807, 2.05) is 0 Å². The summed E-state index contributed by atoms with van der Waals surface area (Å²) in [5, 5.41) is 11.2. The van der Waals surface area contributed by atoms with Crippen LogP contribution in [-0.4, -0.2) is 70.8 Å². The van der Waals surface area contributed by atoms with E-state index in [2.05, 4.69) is 10.2 Å². The fourth-order valence-electron chi connectivity index (χ4n) is 2.33. The number of imide groups is 1. The average molecular weight is 468 g/mol. The molecule has 0 aliphatic heterocycles. The summed E-state index contributed by atoms with van der Waals surface area (Å²) in [7, 11) is -3.73. The molecule has 166 valence electrons. The summed E-state index contributed by atoms with van der Waals surface area (Å²) in [6.45, 7) is 2.43. The van der Waals surface area contributed by atoms with Crippen LogP contribution in [0, 0.1) is 0 Å². The third-order valence-electron chi connectivity index (χ3n) is 3.72. The van der Waals surface area contributed by atoms with E-state index < -0.39 is 34.7 Å². The maximum atomic E-state index is 12.7. The number of halogens is 3. The van der Waals surface area contributed by atoms with E-state index in [-0.39, 0.29) is 28.9 Å². The summed E-state index contributed by atoms with van der Waals surface area (Å²) in [4.78, 5) is 23.1. The third-order valence-corrected chi connectivity index (χ3v) is 6.70. The Morgan fingerprint density at radius 3 is 2.47 bits per heavy atom. The van der Waals surface area contributed by atoms with Crippen LogP contribution >= 0.6 is 11.8 Å². The maximum absolute atomic E-state index is 12.7. The van der Waals surface area contributed by atoms with E-state index in [1.54, 1.807) is 19.2 Å². The van der Waals surface area contributed by atoms with Crippen LogP contribution in [0.5, 0.6) is 0 Å². The van der Waals surface area contributed by atoms with Gasteiger partial charge in [-0.2, -0.15) is 17.5 Å².